The van der Waals surface area contributed by atoms with Crippen molar-refractivity contribution in [2.45, 2.75) is 32.9 Å². The number of thiazole rings is 1. The molecular formula is C23H24ClN5O3S. The summed E-state index contributed by atoms with van der Waals surface area (Å²) in [6.07, 6.45) is 3.46. The first kappa shape index (κ1) is 24.3. The van der Waals surface area contributed by atoms with Gasteiger partial charge in [0.2, 0.25) is 11.8 Å². The first-order valence-electron chi connectivity index (χ1n) is 10.3. The summed E-state index contributed by atoms with van der Waals surface area (Å²) in [6.45, 7) is 3.94. The average Bonchev–Trinajstić information content (AvgIpc) is 3.23. The van der Waals surface area contributed by atoms with E-state index < -0.39 is 0 Å². The van der Waals surface area contributed by atoms with E-state index in [1.54, 1.807) is 48.1 Å². The van der Waals surface area contributed by atoms with Gasteiger partial charge in [0.25, 0.3) is 5.91 Å². The Morgan fingerprint density at radius 1 is 1.12 bits per heavy atom. The fraction of sp³-hybridized carbons (Fsp3) is 0.261. The molecule has 1 aromatic carbocycles. The van der Waals surface area contributed by atoms with Crippen molar-refractivity contribution in [1.29, 1.82) is 0 Å². The number of halogens is 1. The molecule has 3 rings (SSSR count). The maximum absolute atomic E-state index is 12.8. The van der Waals surface area contributed by atoms with Gasteiger partial charge >= 0.3 is 0 Å². The van der Waals surface area contributed by atoms with E-state index in [4.69, 9.17) is 11.6 Å². The molecule has 2 aromatic heterocycles. The van der Waals surface area contributed by atoms with Gasteiger partial charge in [-0.15, -0.1) is 11.3 Å². The van der Waals surface area contributed by atoms with E-state index in [1.807, 2.05) is 19.9 Å². The van der Waals surface area contributed by atoms with Crippen molar-refractivity contribution in [2.75, 3.05) is 11.9 Å². The number of rotatable bonds is 9. The minimum absolute atomic E-state index is 0.0970. The molecule has 3 aromatic rings. The van der Waals surface area contributed by atoms with Gasteiger partial charge in [0.15, 0.2) is 5.13 Å². The summed E-state index contributed by atoms with van der Waals surface area (Å²) in [4.78, 5) is 47.3. The SMILES string of the molecule is CC(C)N(CC(=O)Nc1nc(CC(=O)NCc2cccnc2)cs1)C(=O)c1ccc(Cl)cc1. The maximum Gasteiger partial charge on any atom is 0.254 e. The Balaban J connectivity index is 1.52. The Labute approximate surface area is 201 Å². The lowest BCUT2D eigenvalue weighted by Gasteiger charge is -2.26. The van der Waals surface area contributed by atoms with E-state index in [9.17, 15) is 14.4 Å². The van der Waals surface area contributed by atoms with E-state index in [-0.39, 0.29) is 36.7 Å². The topological polar surface area (TPSA) is 104 Å². The second kappa shape index (κ2) is 11.5. The quantitative estimate of drug-likeness (QED) is 0.482. The van der Waals surface area contributed by atoms with Gasteiger partial charge in [-0.25, -0.2) is 4.98 Å². The van der Waals surface area contributed by atoms with E-state index in [0.29, 0.717) is 28.0 Å². The van der Waals surface area contributed by atoms with Crippen molar-refractivity contribution in [2.24, 2.45) is 0 Å². The van der Waals surface area contributed by atoms with Crippen molar-refractivity contribution in [3.05, 3.63) is 76.0 Å². The van der Waals surface area contributed by atoms with Crippen LogP contribution in [-0.4, -0.2) is 45.2 Å². The van der Waals surface area contributed by atoms with Crippen molar-refractivity contribution in [3.8, 4) is 0 Å². The second-order valence-corrected chi connectivity index (χ2v) is 8.84. The predicted molar refractivity (Wildman–Crippen MR) is 128 cm³/mol. The van der Waals surface area contributed by atoms with Crippen molar-refractivity contribution < 1.29 is 14.4 Å². The molecular weight excluding hydrogens is 462 g/mol. The van der Waals surface area contributed by atoms with Crippen LogP contribution in [0, 0.1) is 0 Å². The fourth-order valence-electron chi connectivity index (χ4n) is 2.94. The number of hydrogen-bond donors (Lipinski definition) is 2. The third-order valence-corrected chi connectivity index (χ3v) is 5.70. The number of aromatic nitrogens is 2. The molecule has 0 unspecified atom stereocenters. The predicted octanol–water partition coefficient (Wildman–Crippen LogP) is 3.54. The molecule has 2 heterocycles. The third-order valence-electron chi connectivity index (χ3n) is 4.64. The Bertz CT molecular complexity index is 1100. The molecule has 0 atom stereocenters. The number of amides is 3. The Hall–Kier alpha value is -3.30. The van der Waals surface area contributed by atoms with Crippen LogP contribution in [0.5, 0.6) is 0 Å². The zero-order chi connectivity index (χ0) is 23.8. The number of benzene rings is 1. The van der Waals surface area contributed by atoms with Crippen molar-refractivity contribution in [3.63, 3.8) is 0 Å². The molecule has 3 amide bonds. The number of carbonyl (C=O) groups is 3. The van der Waals surface area contributed by atoms with E-state index >= 15 is 0 Å². The average molecular weight is 486 g/mol. The standard InChI is InChI=1S/C23H24ClN5O3S/c1-15(2)29(22(32)17-5-7-18(24)8-6-17)13-21(31)28-23-27-19(14-33-23)10-20(30)26-12-16-4-3-9-25-11-16/h3-9,11,14-15H,10,12-13H2,1-2H3,(H,26,30)(H,27,28,31). The summed E-state index contributed by atoms with van der Waals surface area (Å²) >= 11 is 7.11. The van der Waals surface area contributed by atoms with Gasteiger partial charge in [0, 0.05) is 40.9 Å². The molecule has 0 radical (unpaired) electrons. The van der Waals surface area contributed by atoms with Crippen LogP contribution >= 0.6 is 22.9 Å². The lowest BCUT2D eigenvalue weighted by Crippen LogP contribution is -2.42. The van der Waals surface area contributed by atoms with Gasteiger partial charge < -0.3 is 15.5 Å². The van der Waals surface area contributed by atoms with Gasteiger partial charge in [-0.05, 0) is 49.7 Å². The lowest BCUT2D eigenvalue weighted by atomic mass is 10.1. The summed E-state index contributed by atoms with van der Waals surface area (Å²) in [5, 5.41) is 8.15. The van der Waals surface area contributed by atoms with Gasteiger partial charge in [0.1, 0.15) is 6.54 Å². The van der Waals surface area contributed by atoms with Crippen LogP contribution in [-0.2, 0) is 22.6 Å². The second-order valence-electron chi connectivity index (χ2n) is 7.54. The molecule has 172 valence electrons. The monoisotopic (exact) mass is 485 g/mol. The molecule has 33 heavy (non-hydrogen) atoms. The number of nitrogens with one attached hydrogen (secondary N) is 2. The van der Waals surface area contributed by atoms with E-state index in [1.165, 1.54) is 16.2 Å². The normalized spacial score (nSPS) is 10.7. The highest BCUT2D eigenvalue weighted by molar-refractivity contribution is 7.13. The zero-order valence-corrected chi connectivity index (χ0v) is 19.8. The molecule has 8 nitrogen and oxygen atoms in total. The molecule has 0 aliphatic heterocycles. The van der Waals surface area contributed by atoms with Gasteiger partial charge in [-0.3, -0.25) is 19.4 Å². The van der Waals surface area contributed by atoms with Gasteiger partial charge in [-0.1, -0.05) is 17.7 Å². The molecule has 0 spiro atoms. The van der Waals surface area contributed by atoms with Crippen LogP contribution in [0.15, 0.2) is 54.2 Å². The van der Waals surface area contributed by atoms with Gasteiger partial charge in [0.05, 0.1) is 12.1 Å². The summed E-state index contributed by atoms with van der Waals surface area (Å²) in [5.41, 5.74) is 1.91. The number of pyridine rings is 1. The number of nitrogens with zero attached hydrogens (tertiary/aromatic N) is 3. The minimum atomic E-state index is -0.368. The third kappa shape index (κ3) is 7.37. The maximum atomic E-state index is 12.8. The highest BCUT2D eigenvalue weighted by Crippen LogP contribution is 2.17. The molecule has 0 fully saturated rings. The summed E-state index contributed by atoms with van der Waals surface area (Å²) < 4.78 is 0. The highest BCUT2D eigenvalue weighted by Gasteiger charge is 2.22. The summed E-state index contributed by atoms with van der Waals surface area (Å²) in [5.74, 6) is -0.809. The number of carbonyl (C=O) groups excluding carboxylic acids is 3. The smallest absolute Gasteiger partial charge is 0.254 e. The summed E-state index contributed by atoms with van der Waals surface area (Å²) in [7, 11) is 0. The van der Waals surface area contributed by atoms with E-state index in [0.717, 1.165) is 5.56 Å². The first-order chi connectivity index (χ1) is 15.8. The number of anilines is 1. The van der Waals surface area contributed by atoms with Crippen LogP contribution in [0.4, 0.5) is 5.13 Å². The van der Waals surface area contributed by atoms with Crippen LogP contribution in [0.2, 0.25) is 5.02 Å². The van der Waals surface area contributed by atoms with Crippen LogP contribution in [0.25, 0.3) is 0 Å². The largest absolute Gasteiger partial charge is 0.352 e. The first-order valence-corrected chi connectivity index (χ1v) is 11.5. The zero-order valence-electron chi connectivity index (χ0n) is 18.2. The Morgan fingerprint density at radius 2 is 1.88 bits per heavy atom. The van der Waals surface area contributed by atoms with Crippen LogP contribution in [0.1, 0.15) is 35.5 Å². The molecule has 0 saturated heterocycles. The molecule has 0 saturated carbocycles. The Morgan fingerprint density at radius 3 is 2.55 bits per heavy atom. The fourth-order valence-corrected chi connectivity index (χ4v) is 3.79. The lowest BCUT2D eigenvalue weighted by molar-refractivity contribution is -0.120. The van der Waals surface area contributed by atoms with Gasteiger partial charge in [-0.2, -0.15) is 0 Å². The molecule has 0 aliphatic carbocycles. The molecule has 0 aliphatic rings. The Kier molecular flexibility index (Phi) is 8.51. The summed E-state index contributed by atoms with van der Waals surface area (Å²) in [6, 6.07) is 10.0. The van der Waals surface area contributed by atoms with Crippen LogP contribution < -0.4 is 10.6 Å². The molecule has 0 bridgehead atoms. The molecule has 2 N–H and O–H groups in total. The highest BCUT2D eigenvalue weighted by atomic mass is 35.5. The number of hydrogen-bond acceptors (Lipinski definition) is 6. The minimum Gasteiger partial charge on any atom is -0.352 e. The van der Waals surface area contributed by atoms with Crippen molar-refractivity contribution in [1.82, 2.24) is 20.2 Å². The molecule has 10 heteroatoms. The van der Waals surface area contributed by atoms with E-state index in [2.05, 4.69) is 20.6 Å². The van der Waals surface area contributed by atoms with Crippen LogP contribution in [0.3, 0.4) is 0 Å². The van der Waals surface area contributed by atoms with Crippen molar-refractivity contribution >= 4 is 45.8 Å².